The lowest BCUT2D eigenvalue weighted by atomic mass is 10.2. The van der Waals surface area contributed by atoms with E-state index in [2.05, 4.69) is 79.5 Å². The van der Waals surface area contributed by atoms with Crippen LogP contribution < -0.4 is 9.13 Å². The van der Waals surface area contributed by atoms with E-state index >= 15 is 0 Å². The highest BCUT2D eigenvalue weighted by Gasteiger charge is 2.16. The number of nitrogens with zero attached hydrogens (tertiary/aromatic N) is 4. The fourth-order valence-electron chi connectivity index (χ4n) is 6.78. The second-order valence-electron chi connectivity index (χ2n) is 15.4. The van der Waals surface area contributed by atoms with Gasteiger partial charge in [0, 0.05) is 0 Å². The van der Waals surface area contributed by atoms with Gasteiger partial charge in [-0.15, -0.1) is 0 Å². The number of rotatable bonds is 2. The first-order chi connectivity index (χ1) is 32.9. The van der Waals surface area contributed by atoms with Crippen LogP contribution in [0.1, 0.15) is 11.1 Å². The van der Waals surface area contributed by atoms with Gasteiger partial charge in [0.15, 0.2) is 22.1 Å². The molecule has 0 saturated heterocycles. The molecule has 3 heterocycles. The summed E-state index contributed by atoms with van der Waals surface area (Å²) < 4.78 is 117. The van der Waals surface area contributed by atoms with Crippen LogP contribution in [0.25, 0.3) is 22.1 Å². The molecule has 4 aromatic carbocycles. The lowest BCUT2D eigenvalue weighted by molar-refractivity contribution is -0.674. The van der Waals surface area contributed by atoms with E-state index in [0.717, 1.165) is 37.3 Å². The number of imidazole rings is 2. The fourth-order valence-corrected chi connectivity index (χ4v) is 7.72. The van der Waals surface area contributed by atoms with Crippen molar-refractivity contribution < 1.29 is 73.0 Å². The zero-order valence-electron chi connectivity index (χ0n) is 38.9. The predicted molar refractivity (Wildman–Crippen MR) is 249 cm³/mol. The molecule has 1 aliphatic rings. The van der Waals surface area contributed by atoms with Crippen molar-refractivity contribution in [3.8, 4) is 0 Å². The number of aromatic nitrogens is 4. The maximum Gasteiger partial charge on any atom is 0.244 e. The quantitative estimate of drug-likeness (QED) is 0.179. The van der Waals surface area contributed by atoms with Gasteiger partial charge in [-0.25, -0.2) is 35.1 Å². The highest BCUT2D eigenvalue weighted by atomic mass is 32.2. The minimum Gasteiger partial charge on any atom is -0.744 e. The standard InChI is InChI=1S/C34H50N4O8.2C7H8O3S/c1-2-6-32-31(5-1)35-9-13-39-17-21-43-25-26-45-23-19-41-15-11-37-30-38(34-8-4-3-7-33(34)37)12-16-42-20-24-46-28-27-44-22-18-40-14-10-36(32)29-35;2*1-6-2-4-7(5-3-6)11(8,9)10/h1-8,29-30H,9-28H2;2*2-5H,1H3,(H,8,9,10)/q+2;;/p-2. The number of benzene rings is 4. The Bertz CT molecular complexity index is 2310. The van der Waals surface area contributed by atoms with E-state index in [0.29, 0.717) is 106 Å². The summed E-state index contributed by atoms with van der Waals surface area (Å²) in [6.45, 7) is 15.6. The Morgan fingerprint density at radius 3 is 0.985 bits per heavy atom. The molecule has 0 N–H and O–H groups in total. The van der Waals surface area contributed by atoms with Crippen molar-refractivity contribution in [2.45, 2.75) is 49.8 Å². The van der Waals surface area contributed by atoms with Crippen LogP contribution in [0, 0.1) is 13.8 Å². The van der Waals surface area contributed by atoms with Gasteiger partial charge in [-0.05, 0) is 62.4 Å². The Balaban J connectivity index is 0.000000319. The van der Waals surface area contributed by atoms with Crippen LogP contribution in [0.4, 0.5) is 0 Å². The summed E-state index contributed by atoms with van der Waals surface area (Å²) in [5.41, 5.74) is 6.56. The van der Waals surface area contributed by atoms with Crippen LogP contribution in [0.5, 0.6) is 0 Å². The Kier molecular flexibility index (Phi) is 23.4. The van der Waals surface area contributed by atoms with E-state index in [1.807, 2.05) is 13.8 Å². The molecule has 0 spiro atoms. The van der Waals surface area contributed by atoms with E-state index in [1.54, 1.807) is 24.3 Å². The Hall–Kier alpha value is -4.68. The normalized spacial score (nSPS) is 16.9. The smallest absolute Gasteiger partial charge is 0.244 e. The third-order valence-corrected chi connectivity index (χ3v) is 12.0. The molecule has 0 unspecified atom stereocenters. The lowest BCUT2D eigenvalue weighted by Crippen LogP contribution is -2.35. The van der Waals surface area contributed by atoms with Crippen LogP contribution in [-0.2, 0) is 84.3 Å². The van der Waals surface area contributed by atoms with E-state index in [4.69, 9.17) is 37.9 Å². The van der Waals surface area contributed by atoms with Gasteiger partial charge in [-0.1, -0.05) is 59.7 Å². The summed E-state index contributed by atoms with van der Waals surface area (Å²) >= 11 is 0. The van der Waals surface area contributed by atoms with Gasteiger partial charge >= 0.3 is 0 Å². The summed E-state index contributed by atoms with van der Waals surface area (Å²) in [5, 5.41) is 0. The average molecular weight is 985 g/mol. The topological polar surface area (TPSA) is 206 Å². The molecule has 0 radical (unpaired) electrons. The van der Waals surface area contributed by atoms with Gasteiger partial charge in [0.1, 0.15) is 46.4 Å². The number of fused-ring (bicyclic) bond motifs is 10. The van der Waals surface area contributed by atoms with Gasteiger partial charge in [0.25, 0.3) is 0 Å². The first kappa shape index (κ1) is 54.3. The van der Waals surface area contributed by atoms with Gasteiger partial charge in [0.05, 0.1) is 116 Å². The van der Waals surface area contributed by atoms with Crippen LogP contribution in [0.15, 0.2) is 120 Å². The first-order valence-electron chi connectivity index (χ1n) is 22.5. The van der Waals surface area contributed by atoms with Gasteiger partial charge < -0.3 is 47.0 Å². The van der Waals surface area contributed by atoms with Crippen LogP contribution in [0.3, 0.4) is 0 Å². The molecule has 2 aromatic heterocycles. The van der Waals surface area contributed by atoms with Crippen LogP contribution in [-0.4, -0.2) is 141 Å². The maximum atomic E-state index is 10.4. The van der Waals surface area contributed by atoms with Crippen LogP contribution >= 0.6 is 0 Å². The second-order valence-corrected chi connectivity index (χ2v) is 18.2. The fraction of sp³-hybridized carbons (Fsp3) is 0.458. The van der Waals surface area contributed by atoms with Crippen molar-refractivity contribution in [1.29, 1.82) is 0 Å². The minimum atomic E-state index is -4.27. The molecule has 68 heavy (non-hydrogen) atoms. The number of aryl methyl sites for hydroxylation is 2. The molecule has 372 valence electrons. The summed E-state index contributed by atoms with van der Waals surface area (Å²) in [7, 11) is -8.54. The predicted octanol–water partition coefficient (Wildman–Crippen LogP) is 3.82. The highest BCUT2D eigenvalue weighted by Crippen LogP contribution is 2.13. The SMILES string of the molecule is Cc1ccc(S(=O)(=O)[O-])cc1.Cc1ccc(S(=O)(=O)[O-])cc1.c1ccc2c(c1)n1c[n+]2CCOCCOCCOCCOCCn2c[n+](c3ccccc32)CCOCCOCCOCCOCC1. The summed E-state index contributed by atoms with van der Waals surface area (Å²) in [5.74, 6) is 0. The average Bonchev–Trinajstić information content (AvgIpc) is 3.86. The highest BCUT2D eigenvalue weighted by molar-refractivity contribution is 7.86. The number of ether oxygens (including phenoxy) is 8. The molecule has 0 fully saturated rings. The Morgan fingerprint density at radius 1 is 0.397 bits per heavy atom. The summed E-state index contributed by atoms with van der Waals surface area (Å²) in [4.78, 5) is -0.355. The molecule has 18 nitrogen and oxygen atoms in total. The third kappa shape index (κ3) is 19.4. The maximum absolute atomic E-state index is 10.4. The van der Waals surface area contributed by atoms with Gasteiger partial charge in [-0.3, -0.25) is 0 Å². The first-order valence-corrected chi connectivity index (χ1v) is 25.3. The van der Waals surface area contributed by atoms with Crippen molar-refractivity contribution in [2.75, 3.05) is 106 Å². The van der Waals surface area contributed by atoms with E-state index < -0.39 is 20.2 Å². The van der Waals surface area contributed by atoms with E-state index in [9.17, 15) is 25.9 Å². The summed E-state index contributed by atoms with van der Waals surface area (Å²) in [6, 6.07) is 28.4. The Morgan fingerprint density at radius 2 is 0.676 bits per heavy atom. The van der Waals surface area contributed by atoms with Crippen molar-refractivity contribution >= 4 is 42.3 Å². The Labute approximate surface area is 399 Å². The number of para-hydroxylation sites is 4. The van der Waals surface area contributed by atoms with Crippen molar-refractivity contribution in [2.24, 2.45) is 0 Å². The zero-order chi connectivity index (χ0) is 48.5. The zero-order valence-corrected chi connectivity index (χ0v) is 40.5. The monoisotopic (exact) mass is 984 g/mol. The lowest BCUT2D eigenvalue weighted by Gasteiger charge is -2.07. The van der Waals surface area contributed by atoms with E-state index in [-0.39, 0.29) is 9.79 Å². The van der Waals surface area contributed by atoms with Crippen molar-refractivity contribution in [1.82, 2.24) is 9.13 Å². The third-order valence-electron chi connectivity index (χ3n) is 10.3. The molecule has 1 aliphatic heterocycles. The molecule has 0 atom stereocenters. The number of hydrogen-bond donors (Lipinski definition) is 0. The van der Waals surface area contributed by atoms with Gasteiger partial charge in [0.2, 0.25) is 12.7 Å². The molecule has 6 aromatic rings. The molecule has 7 rings (SSSR count). The van der Waals surface area contributed by atoms with E-state index in [1.165, 1.54) is 46.3 Å². The molecular formula is C48H64N4O14S2. The van der Waals surface area contributed by atoms with Crippen molar-refractivity contribution in [3.05, 3.63) is 121 Å². The molecule has 0 saturated carbocycles. The van der Waals surface area contributed by atoms with Gasteiger partial charge in [-0.2, -0.15) is 0 Å². The molecular weight excluding hydrogens is 921 g/mol. The molecule has 4 bridgehead atoms. The number of hydrogen-bond acceptors (Lipinski definition) is 14. The molecule has 0 amide bonds. The molecule has 0 aliphatic carbocycles. The molecule has 20 heteroatoms. The minimum absolute atomic E-state index is 0.178. The van der Waals surface area contributed by atoms with Crippen molar-refractivity contribution in [3.63, 3.8) is 0 Å². The largest absolute Gasteiger partial charge is 0.744 e. The van der Waals surface area contributed by atoms with Crippen LogP contribution in [0.2, 0.25) is 0 Å². The second kappa shape index (κ2) is 29.4. The summed E-state index contributed by atoms with van der Waals surface area (Å²) in [6.07, 6.45) is 4.27.